The molecule has 3 rings (SSSR count). The molecule has 3 N–H and O–H groups in total. The van der Waals surface area contributed by atoms with Crippen LogP contribution in [0.5, 0.6) is 5.75 Å². The smallest absolute Gasteiger partial charge is 0.243 e. The van der Waals surface area contributed by atoms with E-state index in [-0.39, 0.29) is 11.9 Å². The van der Waals surface area contributed by atoms with E-state index in [1.807, 2.05) is 12.1 Å². The molecule has 2 aromatic rings. The lowest BCUT2D eigenvalue weighted by molar-refractivity contribution is -0.0941. The molecule has 112 valence electrons. The van der Waals surface area contributed by atoms with Gasteiger partial charge in [-0.2, -0.15) is 4.98 Å². The highest BCUT2D eigenvalue weighted by Crippen LogP contribution is 2.21. The van der Waals surface area contributed by atoms with Crippen molar-refractivity contribution in [1.29, 1.82) is 0 Å². The third-order valence-corrected chi connectivity index (χ3v) is 3.27. The molecule has 0 aliphatic carbocycles. The van der Waals surface area contributed by atoms with Crippen LogP contribution in [0, 0.1) is 0 Å². The molecule has 0 radical (unpaired) electrons. The predicted octanol–water partition coefficient (Wildman–Crippen LogP) is 1.11. The Kier molecular flexibility index (Phi) is 4.14. The summed E-state index contributed by atoms with van der Waals surface area (Å²) in [6.45, 7) is 1.53. The van der Waals surface area contributed by atoms with Crippen LogP contribution in [-0.2, 0) is 15.9 Å². The highest BCUT2D eigenvalue weighted by Gasteiger charge is 2.24. The average Bonchev–Trinajstić information content (AvgIpc) is 3.00. The number of nitrogens with zero attached hydrogens (tertiary/aromatic N) is 2. The van der Waals surface area contributed by atoms with E-state index in [1.54, 1.807) is 12.1 Å². The lowest BCUT2D eigenvalue weighted by Gasteiger charge is -2.19. The molecule has 21 heavy (non-hydrogen) atoms. The van der Waals surface area contributed by atoms with Crippen molar-refractivity contribution in [3.05, 3.63) is 41.5 Å². The Hall–Kier alpha value is -1.96. The van der Waals surface area contributed by atoms with Gasteiger partial charge in [0.05, 0.1) is 25.9 Å². The van der Waals surface area contributed by atoms with Crippen LogP contribution >= 0.6 is 0 Å². The largest absolute Gasteiger partial charge is 0.508 e. The standard InChI is InChI=1S/C14H17N3O4/c15-11(7-9-1-3-10(18)4-2-9)14-16-13(17-21-14)12-8-19-5-6-20-12/h1-4,11-12,18H,5-8,15H2. The summed E-state index contributed by atoms with van der Waals surface area (Å²) in [7, 11) is 0. The van der Waals surface area contributed by atoms with Crippen molar-refractivity contribution in [2.24, 2.45) is 5.73 Å². The van der Waals surface area contributed by atoms with Crippen LogP contribution in [0.1, 0.15) is 29.4 Å². The molecule has 7 nitrogen and oxygen atoms in total. The van der Waals surface area contributed by atoms with Crippen LogP contribution in [0.15, 0.2) is 28.8 Å². The summed E-state index contributed by atoms with van der Waals surface area (Å²) < 4.78 is 16.0. The molecule has 1 saturated heterocycles. The summed E-state index contributed by atoms with van der Waals surface area (Å²) in [4.78, 5) is 4.29. The van der Waals surface area contributed by atoms with Gasteiger partial charge in [0.2, 0.25) is 11.7 Å². The number of phenolic OH excluding ortho intramolecular Hbond substituents is 1. The first-order chi connectivity index (χ1) is 10.2. The molecule has 1 aromatic heterocycles. The number of rotatable bonds is 4. The number of phenols is 1. The van der Waals surface area contributed by atoms with Gasteiger partial charge >= 0.3 is 0 Å². The van der Waals surface area contributed by atoms with Crippen molar-refractivity contribution in [3.8, 4) is 5.75 Å². The Balaban J connectivity index is 1.65. The molecule has 0 amide bonds. The third kappa shape index (κ3) is 3.38. The zero-order valence-electron chi connectivity index (χ0n) is 11.4. The van der Waals surface area contributed by atoms with Gasteiger partial charge < -0.3 is 24.8 Å². The van der Waals surface area contributed by atoms with Crippen molar-refractivity contribution in [3.63, 3.8) is 0 Å². The number of aromatic nitrogens is 2. The Morgan fingerprint density at radius 3 is 2.81 bits per heavy atom. The number of aromatic hydroxyl groups is 1. The van der Waals surface area contributed by atoms with Crippen molar-refractivity contribution < 1.29 is 19.1 Å². The Morgan fingerprint density at radius 2 is 2.10 bits per heavy atom. The molecule has 0 bridgehead atoms. The first kappa shape index (κ1) is 14.0. The summed E-state index contributed by atoms with van der Waals surface area (Å²) in [6, 6.07) is 6.46. The van der Waals surface area contributed by atoms with E-state index in [1.165, 1.54) is 0 Å². The van der Waals surface area contributed by atoms with Crippen molar-refractivity contribution in [2.75, 3.05) is 19.8 Å². The van der Waals surface area contributed by atoms with Crippen LogP contribution < -0.4 is 5.73 Å². The summed E-state index contributed by atoms with van der Waals surface area (Å²) in [6.07, 6.45) is 0.251. The fraction of sp³-hybridized carbons (Fsp3) is 0.429. The van der Waals surface area contributed by atoms with Gasteiger partial charge in [0.15, 0.2) is 0 Å². The van der Waals surface area contributed by atoms with E-state index >= 15 is 0 Å². The SMILES string of the molecule is NC(Cc1ccc(O)cc1)c1nc(C2COCCO2)no1. The fourth-order valence-corrected chi connectivity index (χ4v) is 2.14. The molecule has 1 aromatic carbocycles. The van der Waals surface area contributed by atoms with Crippen molar-refractivity contribution in [1.82, 2.24) is 10.1 Å². The highest BCUT2D eigenvalue weighted by molar-refractivity contribution is 5.26. The van der Waals surface area contributed by atoms with E-state index < -0.39 is 6.04 Å². The zero-order chi connectivity index (χ0) is 14.7. The first-order valence-corrected chi connectivity index (χ1v) is 6.78. The molecule has 0 spiro atoms. The minimum absolute atomic E-state index is 0.224. The van der Waals surface area contributed by atoms with E-state index in [0.29, 0.717) is 38.0 Å². The van der Waals surface area contributed by atoms with Gasteiger partial charge in [0.1, 0.15) is 11.9 Å². The molecule has 1 aliphatic heterocycles. The molecule has 7 heteroatoms. The maximum absolute atomic E-state index is 9.26. The monoisotopic (exact) mass is 291 g/mol. The molecule has 0 saturated carbocycles. The topological polar surface area (TPSA) is 104 Å². The van der Waals surface area contributed by atoms with Crippen LogP contribution in [0.25, 0.3) is 0 Å². The molecule has 2 unspecified atom stereocenters. The maximum atomic E-state index is 9.26. The van der Waals surface area contributed by atoms with E-state index in [4.69, 9.17) is 19.7 Å². The summed E-state index contributed by atoms with van der Waals surface area (Å²) in [5.41, 5.74) is 7.06. The van der Waals surface area contributed by atoms with Crippen molar-refractivity contribution >= 4 is 0 Å². The van der Waals surface area contributed by atoms with Crippen LogP contribution in [0.3, 0.4) is 0 Å². The van der Waals surface area contributed by atoms with Crippen LogP contribution in [0.4, 0.5) is 0 Å². The predicted molar refractivity (Wildman–Crippen MR) is 72.5 cm³/mol. The quantitative estimate of drug-likeness (QED) is 0.869. The number of benzene rings is 1. The highest BCUT2D eigenvalue weighted by atomic mass is 16.6. The average molecular weight is 291 g/mol. The molecular formula is C14H17N3O4. The van der Waals surface area contributed by atoms with Gasteiger partial charge in [-0.15, -0.1) is 0 Å². The number of hydrogen-bond acceptors (Lipinski definition) is 7. The minimum Gasteiger partial charge on any atom is -0.508 e. The Labute approximate surface area is 121 Å². The Morgan fingerprint density at radius 1 is 1.29 bits per heavy atom. The van der Waals surface area contributed by atoms with E-state index in [9.17, 15) is 5.11 Å². The minimum atomic E-state index is -0.402. The van der Waals surface area contributed by atoms with Crippen LogP contribution in [0.2, 0.25) is 0 Å². The number of hydrogen-bond donors (Lipinski definition) is 2. The second kappa shape index (κ2) is 6.21. The fourth-order valence-electron chi connectivity index (χ4n) is 2.14. The third-order valence-electron chi connectivity index (χ3n) is 3.27. The number of ether oxygens (including phenoxy) is 2. The van der Waals surface area contributed by atoms with Gasteiger partial charge in [-0.05, 0) is 24.1 Å². The molecule has 1 fully saturated rings. The van der Waals surface area contributed by atoms with Gasteiger partial charge in [0, 0.05) is 0 Å². The second-order valence-electron chi connectivity index (χ2n) is 4.90. The Bertz CT molecular complexity index is 578. The normalized spacial score (nSPS) is 20.3. The lowest BCUT2D eigenvalue weighted by atomic mass is 10.1. The summed E-state index contributed by atoms with van der Waals surface area (Å²) >= 11 is 0. The van der Waals surface area contributed by atoms with Gasteiger partial charge in [-0.3, -0.25) is 0 Å². The molecular weight excluding hydrogens is 274 g/mol. The van der Waals surface area contributed by atoms with Gasteiger partial charge in [0.25, 0.3) is 0 Å². The number of nitrogens with two attached hydrogens (primary N) is 1. The van der Waals surface area contributed by atoms with Gasteiger partial charge in [-0.25, -0.2) is 0 Å². The first-order valence-electron chi connectivity index (χ1n) is 6.78. The molecule has 2 heterocycles. The lowest BCUT2D eigenvalue weighted by Crippen LogP contribution is -2.23. The zero-order valence-corrected chi connectivity index (χ0v) is 11.4. The molecule has 1 aliphatic rings. The van der Waals surface area contributed by atoms with Crippen molar-refractivity contribution in [2.45, 2.75) is 18.6 Å². The summed E-state index contributed by atoms with van der Waals surface area (Å²) in [5.74, 6) is 1.06. The molecule has 2 atom stereocenters. The van der Waals surface area contributed by atoms with Gasteiger partial charge in [-0.1, -0.05) is 17.3 Å². The maximum Gasteiger partial charge on any atom is 0.243 e. The van der Waals surface area contributed by atoms with E-state index in [2.05, 4.69) is 10.1 Å². The summed E-state index contributed by atoms with van der Waals surface area (Å²) in [5, 5.41) is 13.2. The second-order valence-corrected chi connectivity index (χ2v) is 4.90. The van der Waals surface area contributed by atoms with E-state index in [0.717, 1.165) is 5.56 Å². The van der Waals surface area contributed by atoms with Crippen LogP contribution in [-0.4, -0.2) is 35.1 Å².